The van der Waals surface area contributed by atoms with Crippen molar-refractivity contribution < 1.29 is 9.53 Å². The summed E-state index contributed by atoms with van der Waals surface area (Å²) in [5, 5.41) is 4.54. The van der Waals surface area contributed by atoms with E-state index in [4.69, 9.17) is 4.74 Å². The standard InChI is InChI=1S/C20H29N5O2/c1-4-23(5-2)10-11-24(6-3)20(26)19-13-16-12-18(15-25(16)22-19)27-17-8-7-9-21-14-17/h7-9,13-14,18H,4-6,10-12,15H2,1-3H3/t18-/m0/s1. The van der Waals surface area contributed by atoms with Crippen LogP contribution < -0.4 is 4.74 Å². The molecular weight excluding hydrogens is 342 g/mol. The first-order chi connectivity index (χ1) is 13.1. The average Bonchev–Trinajstić information content (AvgIpc) is 3.24. The lowest BCUT2D eigenvalue weighted by Crippen LogP contribution is -2.38. The van der Waals surface area contributed by atoms with Crippen molar-refractivity contribution >= 4 is 5.91 Å². The first-order valence-corrected chi connectivity index (χ1v) is 9.79. The minimum Gasteiger partial charge on any atom is -0.486 e. The molecule has 2 aromatic heterocycles. The van der Waals surface area contributed by atoms with Gasteiger partial charge in [0.25, 0.3) is 5.91 Å². The molecule has 0 bridgehead atoms. The Morgan fingerprint density at radius 1 is 1.26 bits per heavy atom. The molecule has 0 saturated heterocycles. The molecule has 27 heavy (non-hydrogen) atoms. The molecule has 0 spiro atoms. The van der Waals surface area contributed by atoms with Crippen LogP contribution in [0.25, 0.3) is 0 Å². The molecule has 0 aromatic carbocycles. The third-order valence-corrected chi connectivity index (χ3v) is 5.08. The topological polar surface area (TPSA) is 63.5 Å². The highest BCUT2D eigenvalue weighted by molar-refractivity contribution is 5.92. The molecule has 1 aliphatic heterocycles. The van der Waals surface area contributed by atoms with Crippen LogP contribution in [-0.4, -0.2) is 69.3 Å². The van der Waals surface area contributed by atoms with Crippen molar-refractivity contribution in [3.05, 3.63) is 42.0 Å². The molecule has 1 amide bonds. The van der Waals surface area contributed by atoms with Gasteiger partial charge in [-0.15, -0.1) is 0 Å². The first-order valence-electron chi connectivity index (χ1n) is 9.79. The highest BCUT2D eigenvalue weighted by Crippen LogP contribution is 2.21. The van der Waals surface area contributed by atoms with Crippen LogP contribution in [0.5, 0.6) is 5.75 Å². The minimum absolute atomic E-state index is 0.0104. The third kappa shape index (κ3) is 4.66. The van der Waals surface area contributed by atoms with Crippen LogP contribution in [0, 0.1) is 0 Å². The van der Waals surface area contributed by atoms with E-state index in [1.165, 1.54) is 0 Å². The lowest BCUT2D eigenvalue weighted by atomic mass is 10.2. The maximum Gasteiger partial charge on any atom is 0.274 e. The number of fused-ring (bicyclic) bond motifs is 1. The van der Waals surface area contributed by atoms with Crippen LogP contribution in [0.4, 0.5) is 0 Å². The number of carbonyl (C=O) groups excluding carboxylic acids is 1. The van der Waals surface area contributed by atoms with Gasteiger partial charge in [0, 0.05) is 37.9 Å². The van der Waals surface area contributed by atoms with Crippen molar-refractivity contribution in [3.63, 3.8) is 0 Å². The van der Waals surface area contributed by atoms with Gasteiger partial charge in [0.15, 0.2) is 5.69 Å². The summed E-state index contributed by atoms with van der Waals surface area (Å²) in [6.07, 6.45) is 4.22. The molecule has 0 N–H and O–H groups in total. The van der Waals surface area contributed by atoms with E-state index in [9.17, 15) is 4.79 Å². The van der Waals surface area contributed by atoms with Crippen LogP contribution >= 0.6 is 0 Å². The van der Waals surface area contributed by atoms with Crippen LogP contribution in [0.2, 0.25) is 0 Å². The van der Waals surface area contributed by atoms with Crippen molar-refractivity contribution in [3.8, 4) is 5.75 Å². The third-order valence-electron chi connectivity index (χ3n) is 5.08. The van der Waals surface area contributed by atoms with Gasteiger partial charge in [-0.25, -0.2) is 0 Å². The van der Waals surface area contributed by atoms with Gasteiger partial charge in [0.2, 0.25) is 0 Å². The van der Waals surface area contributed by atoms with Gasteiger partial charge in [-0.2, -0.15) is 5.10 Å². The molecule has 0 fully saturated rings. The normalized spacial score (nSPS) is 15.8. The number of nitrogens with zero attached hydrogens (tertiary/aromatic N) is 5. The van der Waals surface area contributed by atoms with Crippen LogP contribution in [0.15, 0.2) is 30.6 Å². The molecule has 1 atom stereocenters. The van der Waals surface area contributed by atoms with E-state index < -0.39 is 0 Å². The highest BCUT2D eigenvalue weighted by Gasteiger charge is 2.28. The zero-order valence-corrected chi connectivity index (χ0v) is 16.5. The van der Waals surface area contributed by atoms with E-state index in [-0.39, 0.29) is 12.0 Å². The average molecular weight is 371 g/mol. The molecule has 1 aliphatic rings. The monoisotopic (exact) mass is 371 g/mol. The van der Waals surface area contributed by atoms with Gasteiger partial charge < -0.3 is 14.5 Å². The van der Waals surface area contributed by atoms with Gasteiger partial charge in [-0.3, -0.25) is 14.5 Å². The zero-order chi connectivity index (χ0) is 19.2. The Morgan fingerprint density at radius 2 is 2.07 bits per heavy atom. The molecule has 0 radical (unpaired) electrons. The number of rotatable bonds is 9. The minimum atomic E-state index is 0.0104. The predicted octanol–water partition coefficient (Wildman–Crippen LogP) is 2.09. The summed E-state index contributed by atoms with van der Waals surface area (Å²) in [6, 6.07) is 5.67. The number of amides is 1. The Bertz CT molecular complexity index is 719. The number of likely N-dealkylation sites (N-methyl/N-ethyl adjacent to an activating group) is 2. The van der Waals surface area contributed by atoms with Gasteiger partial charge in [0.1, 0.15) is 11.9 Å². The van der Waals surface area contributed by atoms with Gasteiger partial charge in [-0.1, -0.05) is 13.8 Å². The maximum atomic E-state index is 12.8. The first kappa shape index (κ1) is 19.4. The Labute approximate surface area is 160 Å². The molecule has 7 heteroatoms. The fourth-order valence-corrected chi connectivity index (χ4v) is 3.43. The Hall–Kier alpha value is -2.41. The Morgan fingerprint density at radius 3 is 2.70 bits per heavy atom. The van der Waals surface area contributed by atoms with Crippen molar-refractivity contribution in [2.24, 2.45) is 0 Å². The van der Waals surface area contributed by atoms with Crippen LogP contribution in [-0.2, 0) is 13.0 Å². The van der Waals surface area contributed by atoms with E-state index in [1.54, 1.807) is 12.4 Å². The quantitative estimate of drug-likeness (QED) is 0.675. The molecule has 146 valence electrons. The fourth-order valence-electron chi connectivity index (χ4n) is 3.43. The highest BCUT2D eigenvalue weighted by atomic mass is 16.5. The second kappa shape index (κ2) is 8.99. The predicted molar refractivity (Wildman–Crippen MR) is 104 cm³/mol. The number of aromatic nitrogens is 3. The summed E-state index contributed by atoms with van der Waals surface area (Å²) >= 11 is 0. The van der Waals surface area contributed by atoms with E-state index in [0.717, 1.165) is 44.0 Å². The van der Waals surface area contributed by atoms with E-state index in [0.29, 0.717) is 18.8 Å². The molecule has 7 nitrogen and oxygen atoms in total. The fraction of sp³-hybridized carbons (Fsp3) is 0.550. The summed E-state index contributed by atoms with van der Waals surface area (Å²) in [4.78, 5) is 21.1. The molecule has 0 unspecified atom stereocenters. The number of hydrogen-bond acceptors (Lipinski definition) is 5. The summed E-state index contributed by atoms with van der Waals surface area (Å²) < 4.78 is 7.85. The van der Waals surface area contributed by atoms with E-state index >= 15 is 0 Å². The second-order valence-corrected chi connectivity index (χ2v) is 6.75. The van der Waals surface area contributed by atoms with Gasteiger partial charge >= 0.3 is 0 Å². The van der Waals surface area contributed by atoms with Gasteiger partial charge in [0.05, 0.1) is 12.7 Å². The summed E-state index contributed by atoms with van der Waals surface area (Å²) in [5.74, 6) is 0.773. The molecule has 3 rings (SSSR count). The van der Waals surface area contributed by atoms with Crippen molar-refractivity contribution in [2.75, 3.05) is 32.7 Å². The maximum absolute atomic E-state index is 12.8. The lowest BCUT2D eigenvalue weighted by Gasteiger charge is -2.24. The number of hydrogen-bond donors (Lipinski definition) is 0. The largest absolute Gasteiger partial charge is 0.486 e. The number of ether oxygens (including phenoxy) is 1. The molecule has 0 saturated carbocycles. The Kier molecular flexibility index (Phi) is 6.45. The van der Waals surface area contributed by atoms with Gasteiger partial charge in [-0.05, 0) is 38.2 Å². The van der Waals surface area contributed by atoms with Crippen molar-refractivity contribution in [1.29, 1.82) is 0 Å². The van der Waals surface area contributed by atoms with E-state index in [2.05, 4.69) is 28.8 Å². The smallest absolute Gasteiger partial charge is 0.274 e. The molecule has 2 aromatic rings. The second-order valence-electron chi connectivity index (χ2n) is 6.75. The molecule has 3 heterocycles. The molecule has 0 aliphatic carbocycles. The Balaban J connectivity index is 1.58. The summed E-state index contributed by atoms with van der Waals surface area (Å²) in [7, 11) is 0. The van der Waals surface area contributed by atoms with Crippen LogP contribution in [0.1, 0.15) is 37.0 Å². The summed E-state index contributed by atoms with van der Waals surface area (Å²) in [6.45, 7) is 11.3. The number of carbonyl (C=O) groups is 1. The summed E-state index contributed by atoms with van der Waals surface area (Å²) in [5.41, 5.74) is 1.58. The zero-order valence-electron chi connectivity index (χ0n) is 16.5. The van der Waals surface area contributed by atoms with Crippen LogP contribution in [0.3, 0.4) is 0 Å². The van der Waals surface area contributed by atoms with E-state index in [1.807, 2.05) is 34.7 Å². The lowest BCUT2D eigenvalue weighted by molar-refractivity contribution is 0.0739. The molecular formula is C20H29N5O2. The number of pyridine rings is 1. The SMILES string of the molecule is CCN(CC)CCN(CC)C(=O)c1cc2n(n1)C[C@@H](Oc1cccnc1)C2. The van der Waals surface area contributed by atoms with Crippen molar-refractivity contribution in [1.82, 2.24) is 24.6 Å². The van der Waals surface area contributed by atoms with Crippen molar-refractivity contribution in [2.45, 2.75) is 39.8 Å².